The highest BCUT2D eigenvalue weighted by atomic mass is 16.6. The van der Waals surface area contributed by atoms with E-state index in [2.05, 4.69) is 133 Å². The second kappa shape index (κ2) is 38.2. The van der Waals surface area contributed by atoms with Gasteiger partial charge in [-0.2, -0.15) is 0 Å². The summed E-state index contributed by atoms with van der Waals surface area (Å²) in [4.78, 5) is 71.4. The van der Waals surface area contributed by atoms with Gasteiger partial charge < -0.3 is 69.2 Å². The molecule has 0 unspecified atom stereocenters. The molecule has 9 atom stereocenters. The number of esters is 1. The topological polar surface area (TPSA) is 261 Å². The summed E-state index contributed by atoms with van der Waals surface area (Å²) in [6.45, 7) is 28.9. The molecule has 20 nitrogen and oxygen atoms in total. The van der Waals surface area contributed by atoms with Crippen LogP contribution < -0.4 is 21.7 Å². The number of nitrogens with one attached hydrogen (secondary N) is 3. The lowest BCUT2D eigenvalue weighted by Gasteiger charge is -2.38. The number of ether oxygens (including phenoxy) is 9. The third kappa shape index (κ3) is 30.9. The van der Waals surface area contributed by atoms with Crippen LogP contribution in [0.2, 0.25) is 0 Å². The number of epoxide rings is 3. The number of carbonyl (C=O) groups excluding carboxylic acids is 6. The number of rotatable bonds is 25. The minimum absolute atomic E-state index is 0.0494. The number of allylic oxidation sites excluding steroid dienone is 9. The van der Waals surface area contributed by atoms with Crippen molar-refractivity contribution in [3.05, 3.63) is 108 Å². The molecule has 570 valence electrons. The highest BCUT2D eigenvalue weighted by Crippen LogP contribution is 2.49. The predicted molar refractivity (Wildman–Crippen MR) is 398 cm³/mol. The first-order valence-corrected chi connectivity index (χ1v) is 38.1. The van der Waals surface area contributed by atoms with Gasteiger partial charge in [0.2, 0.25) is 17.7 Å². The smallest absolute Gasteiger partial charge is 0.409 e. The fourth-order valence-electron chi connectivity index (χ4n) is 15.4. The molecule has 5 amide bonds. The maximum absolute atomic E-state index is 12.2. The van der Waals surface area contributed by atoms with Gasteiger partial charge in [-0.15, -0.1) is 0 Å². The van der Waals surface area contributed by atoms with E-state index in [1.54, 1.807) is 53.9 Å². The number of carbonyl (C=O) groups is 6. The van der Waals surface area contributed by atoms with Crippen LogP contribution in [-0.4, -0.2) is 163 Å². The molecular weight excluding hydrogens is 1290 g/mol. The summed E-state index contributed by atoms with van der Waals surface area (Å²) in [5.74, 6) is 1.29. The summed E-state index contributed by atoms with van der Waals surface area (Å²) in [7, 11) is 3.25. The molecule has 9 rings (SSSR count). The van der Waals surface area contributed by atoms with Gasteiger partial charge in [0.05, 0.1) is 71.7 Å². The Labute approximate surface area is 610 Å². The molecule has 6 aliphatic heterocycles. The van der Waals surface area contributed by atoms with Crippen LogP contribution in [0.1, 0.15) is 231 Å². The molecule has 20 heteroatoms. The van der Waals surface area contributed by atoms with E-state index in [0.29, 0.717) is 24.2 Å². The van der Waals surface area contributed by atoms with Gasteiger partial charge in [0.1, 0.15) is 18.3 Å². The standard InChI is InChI=1S/C28H44N2O5.C28H43NO5.C26H40N2O5/c1-20(8-15-24-17-28(19-33-28)18-27(3,4)35-24)7-10-22-11-13-23(14-12-22)29-25(31)16-9-21(2)34-26(32)30(5)6;1-6-26(31)33-21(3)9-16-25(30)29-23-13-11-22(12-14-23)10-7-20(2)8-15-24-17-28(19-32-28)18-27(4,5)34-24;1-18(6-13-22-15-26(17-31-26)16-25(3,4)33-22)5-8-20-9-11-21(12-10-20)28-23(29)14-7-19(2)32-24(27)30/h7-9,15-16,21-24H,10-14,17-19H2,1-6H3,(H,29,31);7-9,15-16,21-24H,6,10-14,17-19H2,1-5H3,(H,29,30);5-7,13-14,19-22H,8-12,15-17H2,1-4H3,(H2,27,30)(H,28,29)/b2*15-8+,16-9-,20-7+;13-6+,14-7-,18-5+/t2*21-,22?,23?,24+,28+;19-,20?,21?,22+,26+/m000/s1. The van der Waals surface area contributed by atoms with Crippen LogP contribution in [0, 0.1) is 17.8 Å². The fraction of sp³-hybridized carbons (Fsp3) is 0.707. The molecule has 6 heterocycles. The highest BCUT2D eigenvalue weighted by Gasteiger charge is 2.56. The normalized spacial score (nSPS) is 32.1. The van der Waals surface area contributed by atoms with Crippen molar-refractivity contribution in [1.82, 2.24) is 20.9 Å². The van der Waals surface area contributed by atoms with E-state index in [9.17, 15) is 28.8 Å². The van der Waals surface area contributed by atoms with Crippen molar-refractivity contribution in [2.24, 2.45) is 23.5 Å². The summed E-state index contributed by atoms with van der Waals surface area (Å²) in [6, 6.07) is 0.618. The summed E-state index contributed by atoms with van der Waals surface area (Å²) < 4.78 is 51.0. The Balaban J connectivity index is 0.000000215. The lowest BCUT2D eigenvalue weighted by Crippen LogP contribution is -2.43. The van der Waals surface area contributed by atoms with Crippen LogP contribution in [0.5, 0.6) is 0 Å². The van der Waals surface area contributed by atoms with Gasteiger partial charge in [0, 0.05) is 95.4 Å². The molecule has 0 aromatic heterocycles. The Kier molecular flexibility index (Phi) is 31.1. The number of nitrogens with two attached hydrogens (primary N) is 1. The Morgan fingerprint density at radius 3 is 1.01 bits per heavy atom. The molecular formula is C82H127N5O15. The van der Waals surface area contributed by atoms with Crippen LogP contribution >= 0.6 is 0 Å². The summed E-state index contributed by atoms with van der Waals surface area (Å²) >= 11 is 0. The number of hydrogen-bond acceptors (Lipinski definition) is 15. The van der Waals surface area contributed by atoms with Crippen molar-refractivity contribution in [1.29, 1.82) is 0 Å². The van der Waals surface area contributed by atoms with E-state index in [1.807, 2.05) is 0 Å². The third-order valence-electron chi connectivity index (χ3n) is 20.8. The monoisotopic (exact) mass is 1420 g/mol. The molecule has 5 N–H and O–H groups in total. The largest absolute Gasteiger partial charge is 0.458 e. The first-order chi connectivity index (χ1) is 48.1. The van der Waals surface area contributed by atoms with Gasteiger partial charge in [0.25, 0.3) is 0 Å². The number of hydrogen-bond donors (Lipinski definition) is 4. The first kappa shape index (κ1) is 83.1. The molecule has 9 fully saturated rings. The molecule has 0 bridgehead atoms. The minimum atomic E-state index is -0.849. The molecule has 6 saturated heterocycles. The zero-order valence-corrected chi connectivity index (χ0v) is 64.4. The van der Waals surface area contributed by atoms with Crippen LogP contribution in [0.4, 0.5) is 9.59 Å². The molecule has 0 radical (unpaired) electrons. The van der Waals surface area contributed by atoms with Gasteiger partial charge in [-0.25, -0.2) is 9.59 Å². The Morgan fingerprint density at radius 2 is 0.745 bits per heavy atom. The Bertz CT molecular complexity index is 3040. The van der Waals surface area contributed by atoms with Crippen molar-refractivity contribution in [2.75, 3.05) is 33.9 Å². The van der Waals surface area contributed by atoms with Gasteiger partial charge in [-0.1, -0.05) is 78.3 Å². The molecule has 0 aromatic carbocycles. The fourth-order valence-corrected chi connectivity index (χ4v) is 15.4. The predicted octanol–water partition coefficient (Wildman–Crippen LogP) is 14.4. The molecule has 102 heavy (non-hydrogen) atoms. The highest BCUT2D eigenvalue weighted by molar-refractivity contribution is 5.88. The summed E-state index contributed by atoms with van der Waals surface area (Å²) in [6.07, 6.45) is 48.9. The van der Waals surface area contributed by atoms with Gasteiger partial charge in [-0.05, 0) is 215 Å². The Hall–Kier alpha value is -6.16. The summed E-state index contributed by atoms with van der Waals surface area (Å²) in [5.41, 5.74) is 8.52. The van der Waals surface area contributed by atoms with Crippen molar-refractivity contribution in [3.63, 3.8) is 0 Å². The third-order valence-corrected chi connectivity index (χ3v) is 20.8. The molecule has 9 aliphatic rings. The number of primary amides is 1. The lowest BCUT2D eigenvalue weighted by molar-refractivity contribution is -0.145. The molecule has 3 saturated carbocycles. The van der Waals surface area contributed by atoms with Crippen molar-refractivity contribution < 1.29 is 71.4 Å². The zero-order valence-electron chi connectivity index (χ0n) is 64.4. The number of nitrogens with zero attached hydrogens (tertiary/aromatic N) is 1. The maximum atomic E-state index is 12.2. The zero-order chi connectivity index (χ0) is 74.5. The molecule has 0 aromatic rings. The maximum Gasteiger partial charge on any atom is 0.409 e. The van der Waals surface area contributed by atoms with E-state index in [0.717, 1.165) is 155 Å². The van der Waals surface area contributed by atoms with Gasteiger partial charge in [0.15, 0.2) is 0 Å². The van der Waals surface area contributed by atoms with Gasteiger partial charge >= 0.3 is 18.2 Å². The quantitative estimate of drug-likeness (QED) is 0.0218. The first-order valence-electron chi connectivity index (χ1n) is 38.1. The molecule has 3 spiro atoms. The van der Waals surface area contributed by atoms with Crippen LogP contribution in [0.3, 0.4) is 0 Å². The van der Waals surface area contributed by atoms with Gasteiger partial charge in [-0.3, -0.25) is 19.2 Å². The van der Waals surface area contributed by atoms with E-state index in [4.69, 9.17) is 48.4 Å². The van der Waals surface area contributed by atoms with Crippen molar-refractivity contribution in [2.45, 2.75) is 320 Å². The van der Waals surface area contributed by atoms with Crippen LogP contribution in [-0.2, 0) is 61.8 Å². The lowest BCUT2D eigenvalue weighted by atomic mass is 9.83. The van der Waals surface area contributed by atoms with E-state index in [1.165, 1.54) is 45.9 Å². The second-order valence-electron chi connectivity index (χ2n) is 32.9. The van der Waals surface area contributed by atoms with Crippen LogP contribution in [0.25, 0.3) is 0 Å². The molecule has 3 aliphatic carbocycles. The summed E-state index contributed by atoms with van der Waals surface area (Å²) in [5, 5.41) is 9.21. The van der Waals surface area contributed by atoms with E-state index >= 15 is 0 Å². The van der Waals surface area contributed by atoms with E-state index < -0.39 is 30.5 Å². The SMILES string of the molecule is CC(/C=C/[C@@H]1C[C@]2(CO2)CC(C)(C)O1)=C\CC1CCC(NC(=O)/C=C\[C@H](C)OC(=O)N(C)C)CC1.CC(/C=C/[C@@H]1C[C@]2(CO2)CC(C)(C)O1)=C\CC1CCC(NC(=O)/C=C\[C@H](C)OC(N)=O)CC1.CCC(=O)O[C@@H](C)/C=C\C(=O)NC1CCC(C/C=C(C)/C=C/[C@@H]2C[C@]3(CO3)CC(C)(C)O2)CC1. The minimum Gasteiger partial charge on any atom is -0.458 e. The Morgan fingerprint density at radius 1 is 0.461 bits per heavy atom. The average molecular weight is 1420 g/mol. The van der Waals surface area contributed by atoms with Crippen molar-refractivity contribution >= 4 is 35.9 Å². The number of amides is 5. The van der Waals surface area contributed by atoms with E-state index in [-0.39, 0.29) is 93.7 Å². The van der Waals surface area contributed by atoms with Crippen molar-refractivity contribution in [3.8, 4) is 0 Å². The average Bonchev–Trinajstić information content (AvgIpc) is 1.63. The van der Waals surface area contributed by atoms with Crippen LogP contribution in [0.15, 0.2) is 108 Å². The second-order valence-corrected chi connectivity index (χ2v) is 32.9.